The van der Waals surface area contributed by atoms with Crippen molar-refractivity contribution in [2.75, 3.05) is 6.61 Å². The Labute approximate surface area is 403 Å². The number of carbonyl (C=O) groups excluding carboxylic acids is 1. The van der Waals surface area contributed by atoms with Gasteiger partial charge in [-0.25, -0.2) is 0 Å². The van der Waals surface area contributed by atoms with E-state index < -0.39 is 12.1 Å². The smallest absolute Gasteiger partial charge is 0.220 e. The van der Waals surface area contributed by atoms with Crippen LogP contribution in [-0.4, -0.2) is 34.9 Å². The summed E-state index contributed by atoms with van der Waals surface area (Å²) in [7, 11) is 0. The lowest BCUT2D eigenvalue weighted by molar-refractivity contribution is -0.123. The molecule has 0 saturated carbocycles. The van der Waals surface area contributed by atoms with E-state index >= 15 is 0 Å². The summed E-state index contributed by atoms with van der Waals surface area (Å²) in [6.07, 6.45) is 73.7. The van der Waals surface area contributed by atoms with Crippen molar-refractivity contribution in [2.24, 2.45) is 0 Å². The predicted molar refractivity (Wildman–Crippen MR) is 286 cm³/mol. The summed E-state index contributed by atoms with van der Waals surface area (Å²) < 4.78 is 0. The lowest BCUT2D eigenvalue weighted by Crippen LogP contribution is -2.45. The number of unbranched alkanes of at least 4 members (excludes halogenated alkanes) is 47. The van der Waals surface area contributed by atoms with Gasteiger partial charge >= 0.3 is 0 Å². The fourth-order valence-electron chi connectivity index (χ4n) is 9.71. The average molecular weight is 903 g/mol. The molecule has 0 aromatic heterocycles. The quantitative estimate of drug-likeness (QED) is 0.0421. The predicted octanol–water partition coefficient (Wildman–Crippen LogP) is 19.7. The maximum Gasteiger partial charge on any atom is 0.220 e. The first-order valence-corrected chi connectivity index (χ1v) is 29.9. The van der Waals surface area contributed by atoms with Crippen LogP contribution in [0.3, 0.4) is 0 Å². The molecule has 0 aromatic carbocycles. The second-order valence-corrected chi connectivity index (χ2v) is 20.8. The Morgan fingerprint density at radius 3 is 0.859 bits per heavy atom. The van der Waals surface area contributed by atoms with Crippen LogP contribution >= 0.6 is 0 Å². The molecule has 0 aliphatic carbocycles. The number of amides is 1. The lowest BCUT2D eigenvalue weighted by Gasteiger charge is -2.22. The highest BCUT2D eigenvalue weighted by atomic mass is 16.3. The van der Waals surface area contributed by atoms with Gasteiger partial charge in [-0.05, 0) is 38.5 Å². The van der Waals surface area contributed by atoms with Gasteiger partial charge in [0.05, 0.1) is 18.8 Å². The van der Waals surface area contributed by atoms with Gasteiger partial charge in [0.15, 0.2) is 0 Å². The molecule has 3 N–H and O–H groups in total. The van der Waals surface area contributed by atoms with Crippen molar-refractivity contribution >= 4 is 5.91 Å². The summed E-state index contributed by atoms with van der Waals surface area (Å²) in [5.74, 6) is -0.0230. The van der Waals surface area contributed by atoms with Gasteiger partial charge in [0.25, 0.3) is 0 Å². The van der Waals surface area contributed by atoms with Crippen molar-refractivity contribution in [3.63, 3.8) is 0 Å². The number of rotatable bonds is 56. The molecule has 0 rings (SSSR count). The molecule has 0 aliphatic rings. The van der Waals surface area contributed by atoms with E-state index in [1.165, 1.54) is 295 Å². The molecule has 0 aliphatic heterocycles. The number of hydrogen-bond donors (Lipinski definition) is 3. The molecule has 0 saturated heterocycles. The van der Waals surface area contributed by atoms with E-state index in [4.69, 9.17) is 0 Å². The van der Waals surface area contributed by atoms with Gasteiger partial charge in [-0.3, -0.25) is 4.79 Å². The Bertz CT molecular complexity index is 890. The molecule has 0 heterocycles. The highest BCUT2D eigenvalue weighted by molar-refractivity contribution is 5.76. The minimum atomic E-state index is -0.656. The number of aliphatic hydroxyl groups is 2. The first-order chi connectivity index (χ1) is 31.7. The van der Waals surface area contributed by atoms with Crippen LogP contribution < -0.4 is 5.32 Å². The van der Waals surface area contributed by atoms with Crippen molar-refractivity contribution in [3.8, 4) is 0 Å². The van der Waals surface area contributed by atoms with Gasteiger partial charge in [0.2, 0.25) is 5.91 Å². The summed E-state index contributed by atoms with van der Waals surface area (Å²) in [6, 6.07) is -0.532. The number of allylic oxidation sites excluding steroid dienone is 2. The molecule has 64 heavy (non-hydrogen) atoms. The topological polar surface area (TPSA) is 69.6 Å². The minimum Gasteiger partial charge on any atom is -0.394 e. The molecule has 2 atom stereocenters. The van der Waals surface area contributed by atoms with Crippen LogP contribution in [0, 0.1) is 0 Å². The van der Waals surface area contributed by atoms with Crippen LogP contribution in [0.5, 0.6) is 0 Å². The van der Waals surface area contributed by atoms with Crippen LogP contribution in [0.4, 0.5) is 0 Å². The zero-order chi connectivity index (χ0) is 46.3. The third-order valence-electron chi connectivity index (χ3n) is 14.3. The van der Waals surface area contributed by atoms with E-state index in [-0.39, 0.29) is 12.5 Å². The first-order valence-electron chi connectivity index (χ1n) is 29.9. The number of nitrogens with one attached hydrogen (secondary N) is 1. The first kappa shape index (κ1) is 63.1. The second-order valence-electron chi connectivity index (χ2n) is 20.8. The Morgan fingerprint density at radius 1 is 0.359 bits per heavy atom. The largest absolute Gasteiger partial charge is 0.394 e. The molecule has 4 nitrogen and oxygen atoms in total. The molecule has 0 aromatic rings. The Kier molecular flexibility index (Phi) is 55.7. The lowest BCUT2D eigenvalue weighted by atomic mass is 10.0. The summed E-state index contributed by atoms with van der Waals surface area (Å²) in [6.45, 7) is 4.40. The molecular formula is C60H119NO3. The van der Waals surface area contributed by atoms with Gasteiger partial charge in [0.1, 0.15) is 0 Å². The van der Waals surface area contributed by atoms with Crippen molar-refractivity contribution in [1.29, 1.82) is 0 Å². The summed E-state index contributed by atoms with van der Waals surface area (Å²) >= 11 is 0. The molecule has 4 heteroatoms. The van der Waals surface area contributed by atoms with Gasteiger partial charge in [-0.15, -0.1) is 0 Å². The van der Waals surface area contributed by atoms with Crippen molar-refractivity contribution in [2.45, 2.75) is 360 Å². The van der Waals surface area contributed by atoms with E-state index in [2.05, 4.69) is 31.3 Å². The summed E-state index contributed by atoms with van der Waals surface area (Å²) in [5.41, 5.74) is 0. The van der Waals surface area contributed by atoms with E-state index in [0.29, 0.717) is 12.8 Å². The third kappa shape index (κ3) is 52.1. The van der Waals surface area contributed by atoms with E-state index in [9.17, 15) is 15.0 Å². The van der Waals surface area contributed by atoms with Crippen LogP contribution in [-0.2, 0) is 4.79 Å². The summed E-state index contributed by atoms with van der Waals surface area (Å²) in [5, 5.41) is 23.3. The maximum atomic E-state index is 12.5. The number of carbonyl (C=O) groups is 1. The van der Waals surface area contributed by atoms with Crippen LogP contribution in [0.25, 0.3) is 0 Å². The zero-order valence-electron chi connectivity index (χ0n) is 44.1. The van der Waals surface area contributed by atoms with Crippen LogP contribution in [0.15, 0.2) is 12.2 Å². The number of hydrogen-bond acceptors (Lipinski definition) is 3. The molecule has 0 bridgehead atoms. The highest BCUT2D eigenvalue weighted by Crippen LogP contribution is 2.18. The Balaban J connectivity index is 3.36. The van der Waals surface area contributed by atoms with Crippen molar-refractivity contribution in [3.05, 3.63) is 12.2 Å². The third-order valence-corrected chi connectivity index (χ3v) is 14.3. The van der Waals surface area contributed by atoms with Crippen molar-refractivity contribution < 1.29 is 15.0 Å². The fraction of sp³-hybridized carbons (Fsp3) is 0.950. The monoisotopic (exact) mass is 902 g/mol. The Hall–Kier alpha value is -0.870. The molecule has 382 valence electrons. The molecule has 0 radical (unpaired) electrons. The molecule has 0 spiro atoms. The molecule has 0 fully saturated rings. The van der Waals surface area contributed by atoms with E-state index in [1.807, 2.05) is 0 Å². The van der Waals surface area contributed by atoms with Gasteiger partial charge in [-0.1, -0.05) is 315 Å². The molecule has 2 unspecified atom stereocenters. The second kappa shape index (κ2) is 56.5. The normalized spacial score (nSPS) is 12.8. The average Bonchev–Trinajstić information content (AvgIpc) is 3.30. The van der Waals surface area contributed by atoms with Gasteiger partial charge in [-0.2, -0.15) is 0 Å². The van der Waals surface area contributed by atoms with Crippen LogP contribution in [0.1, 0.15) is 348 Å². The van der Waals surface area contributed by atoms with E-state index in [1.54, 1.807) is 0 Å². The number of aliphatic hydroxyl groups excluding tert-OH is 2. The van der Waals surface area contributed by atoms with Gasteiger partial charge < -0.3 is 15.5 Å². The highest BCUT2D eigenvalue weighted by Gasteiger charge is 2.20. The summed E-state index contributed by atoms with van der Waals surface area (Å²) in [4.78, 5) is 12.5. The maximum absolute atomic E-state index is 12.5. The fourth-order valence-corrected chi connectivity index (χ4v) is 9.71. The minimum absolute atomic E-state index is 0.0230. The molecular weight excluding hydrogens is 783 g/mol. The van der Waals surface area contributed by atoms with Crippen molar-refractivity contribution in [1.82, 2.24) is 5.32 Å². The Morgan fingerprint density at radius 2 is 0.594 bits per heavy atom. The van der Waals surface area contributed by atoms with Gasteiger partial charge in [0, 0.05) is 6.42 Å². The van der Waals surface area contributed by atoms with Crippen LogP contribution in [0.2, 0.25) is 0 Å². The van der Waals surface area contributed by atoms with E-state index in [0.717, 1.165) is 25.7 Å². The molecule has 1 amide bonds. The standard InChI is InChI=1S/C60H119NO3/c1-3-5-7-9-11-13-15-17-19-21-22-23-24-25-26-27-28-29-30-31-32-33-34-35-36-37-38-40-42-44-46-48-50-52-54-56-60(64)61-58(57-62)59(63)55-53-51-49-47-45-43-41-39-20-18-16-14-12-10-8-6-4-2/h21-22,58-59,62-63H,3-20,23-57H2,1-2H3,(H,61,64)/b22-21-. The SMILES string of the molecule is CCCCCCCCCC/C=C\CCCCCCCCCCCCCCCCCCCCCCCCCC(=O)NC(CO)C(O)CCCCCCCCCCCCCCCCCCC. The zero-order valence-corrected chi connectivity index (χ0v) is 44.1.